The zero-order valence-corrected chi connectivity index (χ0v) is 11.6. The number of halogens is 3. The Labute approximate surface area is 111 Å². The third kappa shape index (κ3) is 3.06. The van der Waals surface area contributed by atoms with Crippen LogP contribution in [0.2, 0.25) is 0 Å². The number of hydrogen-bond acceptors (Lipinski definition) is 3. The molecule has 6 heteroatoms. The Hall–Kier alpha value is -1.14. The minimum Gasteiger partial charge on any atom is -0.322 e. The molecule has 2 atom stereocenters. The molecule has 19 heavy (non-hydrogen) atoms. The van der Waals surface area contributed by atoms with Crippen molar-refractivity contribution >= 4 is 0 Å². The maximum Gasteiger partial charge on any atom is 0.416 e. The molecule has 1 aromatic heterocycles. The quantitative estimate of drug-likeness (QED) is 0.918. The number of pyridine rings is 1. The van der Waals surface area contributed by atoms with E-state index in [9.17, 15) is 13.2 Å². The first-order chi connectivity index (χ1) is 8.64. The first kappa shape index (κ1) is 15.9. The lowest BCUT2D eigenvalue weighted by Gasteiger charge is -2.41. The van der Waals surface area contributed by atoms with E-state index in [1.165, 1.54) is 6.20 Å². The molecule has 0 aliphatic heterocycles. The molecule has 0 saturated heterocycles. The lowest BCUT2D eigenvalue weighted by Crippen LogP contribution is -2.50. The second-order valence-corrected chi connectivity index (χ2v) is 5.04. The standard InChI is InChI=1S/C13H20F3N3/c1-5-12(2,19(3)4)11(17)9-8-18-7-6-10(9)13(14,15)16/h6-8,11H,5,17H2,1-4H3. The van der Waals surface area contributed by atoms with Crippen LogP contribution in [0.4, 0.5) is 13.2 Å². The van der Waals surface area contributed by atoms with Crippen LogP contribution in [0.15, 0.2) is 18.5 Å². The van der Waals surface area contributed by atoms with Gasteiger partial charge < -0.3 is 10.6 Å². The average molecular weight is 275 g/mol. The van der Waals surface area contributed by atoms with Gasteiger partial charge in [0.2, 0.25) is 0 Å². The van der Waals surface area contributed by atoms with Gasteiger partial charge in [0.15, 0.2) is 0 Å². The Bertz CT molecular complexity index is 431. The number of nitrogens with two attached hydrogens (primary N) is 1. The Morgan fingerprint density at radius 2 is 1.95 bits per heavy atom. The average Bonchev–Trinajstić information content (AvgIpc) is 2.35. The van der Waals surface area contributed by atoms with Crippen molar-refractivity contribution in [3.63, 3.8) is 0 Å². The molecule has 1 heterocycles. The fraction of sp³-hybridized carbons (Fsp3) is 0.615. The highest BCUT2D eigenvalue weighted by Crippen LogP contribution is 2.38. The highest BCUT2D eigenvalue weighted by Gasteiger charge is 2.40. The highest BCUT2D eigenvalue weighted by atomic mass is 19.4. The fourth-order valence-corrected chi connectivity index (χ4v) is 2.06. The Morgan fingerprint density at radius 1 is 1.37 bits per heavy atom. The molecule has 0 radical (unpaired) electrons. The lowest BCUT2D eigenvalue weighted by atomic mass is 9.83. The van der Waals surface area contributed by atoms with E-state index in [4.69, 9.17) is 5.73 Å². The second-order valence-electron chi connectivity index (χ2n) is 5.04. The SMILES string of the molecule is CCC(C)(C(N)c1cnccc1C(F)(F)F)N(C)C. The van der Waals surface area contributed by atoms with E-state index in [1.54, 1.807) is 0 Å². The molecule has 2 N–H and O–H groups in total. The van der Waals surface area contributed by atoms with Crippen LogP contribution in [0.3, 0.4) is 0 Å². The third-order valence-electron chi connectivity index (χ3n) is 3.90. The monoisotopic (exact) mass is 275 g/mol. The van der Waals surface area contributed by atoms with Gasteiger partial charge in [-0.25, -0.2) is 0 Å². The third-order valence-corrected chi connectivity index (χ3v) is 3.90. The number of likely N-dealkylation sites (N-methyl/N-ethyl adjacent to an activating group) is 1. The predicted octanol–water partition coefficient (Wildman–Crippen LogP) is 2.83. The van der Waals surface area contributed by atoms with Crippen LogP contribution >= 0.6 is 0 Å². The molecule has 0 saturated carbocycles. The smallest absolute Gasteiger partial charge is 0.322 e. The number of hydrogen-bond donors (Lipinski definition) is 1. The largest absolute Gasteiger partial charge is 0.416 e. The number of rotatable bonds is 4. The van der Waals surface area contributed by atoms with Crippen molar-refractivity contribution in [3.05, 3.63) is 29.6 Å². The summed E-state index contributed by atoms with van der Waals surface area (Å²) in [5.41, 5.74) is 4.86. The molecule has 0 fully saturated rings. The van der Waals surface area contributed by atoms with Gasteiger partial charge in [-0.1, -0.05) is 6.92 Å². The van der Waals surface area contributed by atoms with Gasteiger partial charge in [0, 0.05) is 23.5 Å². The first-order valence-corrected chi connectivity index (χ1v) is 6.08. The van der Waals surface area contributed by atoms with Crippen molar-refractivity contribution in [2.75, 3.05) is 14.1 Å². The van der Waals surface area contributed by atoms with Gasteiger partial charge in [-0.05, 0) is 33.5 Å². The summed E-state index contributed by atoms with van der Waals surface area (Å²) >= 11 is 0. The molecule has 2 unspecified atom stereocenters. The van der Waals surface area contributed by atoms with Gasteiger partial charge in [0.05, 0.1) is 11.6 Å². The van der Waals surface area contributed by atoms with Crippen LogP contribution < -0.4 is 5.73 Å². The van der Waals surface area contributed by atoms with E-state index >= 15 is 0 Å². The Balaban J connectivity index is 3.31. The van der Waals surface area contributed by atoms with Crippen molar-refractivity contribution < 1.29 is 13.2 Å². The van der Waals surface area contributed by atoms with Crippen molar-refractivity contribution in [1.82, 2.24) is 9.88 Å². The maximum atomic E-state index is 13.0. The molecule has 1 aromatic rings. The summed E-state index contributed by atoms with van der Waals surface area (Å²) in [6.07, 6.45) is -1.44. The van der Waals surface area contributed by atoms with Gasteiger partial charge in [-0.2, -0.15) is 13.2 Å². The fourth-order valence-electron chi connectivity index (χ4n) is 2.06. The van der Waals surface area contributed by atoms with E-state index in [1.807, 2.05) is 32.8 Å². The summed E-state index contributed by atoms with van der Waals surface area (Å²) in [7, 11) is 3.62. The van der Waals surface area contributed by atoms with Gasteiger partial charge in [0.1, 0.15) is 0 Å². The predicted molar refractivity (Wildman–Crippen MR) is 68.6 cm³/mol. The first-order valence-electron chi connectivity index (χ1n) is 6.08. The van der Waals surface area contributed by atoms with Crippen LogP contribution in [-0.2, 0) is 6.18 Å². The normalized spacial score (nSPS) is 17.3. The van der Waals surface area contributed by atoms with Gasteiger partial charge >= 0.3 is 6.18 Å². The van der Waals surface area contributed by atoms with Crippen molar-refractivity contribution in [2.24, 2.45) is 5.73 Å². The lowest BCUT2D eigenvalue weighted by molar-refractivity contribution is -0.138. The van der Waals surface area contributed by atoms with Crippen molar-refractivity contribution in [3.8, 4) is 0 Å². The van der Waals surface area contributed by atoms with Crippen LogP contribution in [0.5, 0.6) is 0 Å². The summed E-state index contributed by atoms with van der Waals surface area (Å²) in [6.45, 7) is 3.76. The topological polar surface area (TPSA) is 42.1 Å². The van der Waals surface area contributed by atoms with E-state index < -0.39 is 23.3 Å². The summed E-state index contributed by atoms with van der Waals surface area (Å²) < 4.78 is 39.0. The molecule has 0 aromatic carbocycles. The van der Waals surface area contributed by atoms with Crippen LogP contribution in [0, 0.1) is 0 Å². The van der Waals surface area contributed by atoms with Crippen LogP contribution in [-0.4, -0.2) is 29.5 Å². The minimum absolute atomic E-state index is 0.0352. The van der Waals surface area contributed by atoms with E-state index in [2.05, 4.69) is 4.98 Å². The van der Waals surface area contributed by atoms with E-state index in [-0.39, 0.29) is 5.56 Å². The number of aromatic nitrogens is 1. The molecule has 3 nitrogen and oxygen atoms in total. The van der Waals surface area contributed by atoms with Crippen LogP contribution in [0.25, 0.3) is 0 Å². The van der Waals surface area contributed by atoms with Crippen molar-refractivity contribution in [2.45, 2.75) is 38.0 Å². The molecule has 0 aliphatic rings. The summed E-state index contributed by atoms with van der Waals surface area (Å²) in [4.78, 5) is 5.64. The molecule has 0 amide bonds. The van der Waals surface area contributed by atoms with Gasteiger partial charge in [0.25, 0.3) is 0 Å². The van der Waals surface area contributed by atoms with Gasteiger partial charge in [-0.3, -0.25) is 4.98 Å². The molecule has 0 bridgehead atoms. The molecule has 108 valence electrons. The van der Waals surface area contributed by atoms with E-state index in [0.717, 1.165) is 12.3 Å². The minimum atomic E-state index is -4.42. The molecule has 1 rings (SSSR count). The summed E-state index contributed by atoms with van der Waals surface area (Å²) in [5.74, 6) is 0. The number of alkyl halides is 3. The summed E-state index contributed by atoms with van der Waals surface area (Å²) in [6, 6.07) is 0.207. The molecular formula is C13H20F3N3. The number of nitrogens with zero attached hydrogens (tertiary/aromatic N) is 2. The van der Waals surface area contributed by atoms with E-state index in [0.29, 0.717) is 6.42 Å². The van der Waals surface area contributed by atoms with Crippen molar-refractivity contribution in [1.29, 1.82) is 0 Å². The second kappa shape index (κ2) is 5.46. The zero-order valence-electron chi connectivity index (χ0n) is 11.6. The maximum absolute atomic E-state index is 13.0. The van der Waals surface area contributed by atoms with Gasteiger partial charge in [-0.15, -0.1) is 0 Å². The summed E-state index contributed by atoms with van der Waals surface area (Å²) in [5, 5.41) is 0. The Kier molecular flexibility index (Phi) is 4.58. The van der Waals surface area contributed by atoms with Crippen LogP contribution in [0.1, 0.15) is 37.4 Å². The molecular weight excluding hydrogens is 255 g/mol. The molecule has 0 aliphatic carbocycles. The molecule has 0 spiro atoms. The zero-order chi connectivity index (χ0) is 14.8. The highest BCUT2D eigenvalue weighted by molar-refractivity contribution is 5.31. The Morgan fingerprint density at radius 3 is 2.37 bits per heavy atom.